The van der Waals surface area contributed by atoms with Crippen LogP contribution >= 0.6 is 0 Å². The lowest BCUT2D eigenvalue weighted by atomic mass is 9.67. The molecule has 12 heteroatoms. The van der Waals surface area contributed by atoms with Crippen molar-refractivity contribution in [3.63, 3.8) is 0 Å². The molecule has 1 unspecified atom stereocenters. The Morgan fingerprint density at radius 2 is 1.57 bits per heavy atom. The minimum Gasteiger partial charge on any atom is -0.463 e. The molecule has 12 nitrogen and oxygen atoms in total. The molecular weight excluding hydrogens is 552 g/mol. The van der Waals surface area contributed by atoms with Crippen LogP contribution in [0.5, 0.6) is 0 Å². The average molecular weight is 605 g/mol. The topological polar surface area (TPSA) is 156 Å². The smallest absolute Gasteiger partial charge is 0.303 e. The number of hydrogen-bond acceptors (Lipinski definition) is 12. The highest BCUT2D eigenvalue weighted by atomic mass is 16.6. The number of aliphatic hydroxyl groups is 2. The summed E-state index contributed by atoms with van der Waals surface area (Å²) in [5.41, 5.74) is -1.82. The molecule has 0 bridgehead atoms. The van der Waals surface area contributed by atoms with Crippen molar-refractivity contribution in [1.82, 2.24) is 0 Å². The van der Waals surface area contributed by atoms with E-state index in [2.05, 4.69) is 0 Å². The van der Waals surface area contributed by atoms with E-state index in [9.17, 15) is 24.6 Å². The van der Waals surface area contributed by atoms with E-state index in [1.807, 2.05) is 13.8 Å². The maximum Gasteiger partial charge on any atom is 0.303 e. The Hall–Kier alpha value is -1.83. The van der Waals surface area contributed by atoms with Gasteiger partial charge in [0.1, 0.15) is 30.5 Å². The zero-order valence-electron chi connectivity index (χ0n) is 26.7. The van der Waals surface area contributed by atoms with Crippen LogP contribution in [0.1, 0.15) is 54.4 Å². The van der Waals surface area contributed by atoms with Crippen molar-refractivity contribution in [2.45, 2.75) is 96.6 Å². The third-order valence-electron chi connectivity index (χ3n) is 9.26. The Balaban J connectivity index is 2.80. The van der Waals surface area contributed by atoms with Crippen LogP contribution in [-0.4, -0.2) is 112 Å². The first kappa shape index (κ1) is 36.4. The summed E-state index contributed by atoms with van der Waals surface area (Å²) < 4.78 is 39.9. The number of rotatable bonds is 14. The Labute approximate surface area is 249 Å². The lowest BCUT2D eigenvalue weighted by Gasteiger charge is -2.44. The number of ether oxygens (including phenoxy) is 7. The van der Waals surface area contributed by atoms with Gasteiger partial charge in [0.2, 0.25) is 0 Å². The van der Waals surface area contributed by atoms with Gasteiger partial charge >= 0.3 is 17.9 Å². The van der Waals surface area contributed by atoms with Crippen LogP contribution in [0.25, 0.3) is 0 Å². The highest BCUT2D eigenvalue weighted by molar-refractivity contribution is 5.67. The molecule has 2 saturated carbocycles. The van der Waals surface area contributed by atoms with E-state index in [0.29, 0.717) is 13.0 Å². The van der Waals surface area contributed by atoms with Crippen molar-refractivity contribution in [1.29, 1.82) is 0 Å². The van der Waals surface area contributed by atoms with Gasteiger partial charge < -0.3 is 43.4 Å². The van der Waals surface area contributed by atoms with Crippen LogP contribution in [0.2, 0.25) is 0 Å². The number of carbonyl (C=O) groups excluding carboxylic acids is 3. The number of esters is 3. The zero-order valence-corrected chi connectivity index (χ0v) is 26.7. The van der Waals surface area contributed by atoms with E-state index in [4.69, 9.17) is 33.2 Å². The molecule has 0 heterocycles. The van der Waals surface area contributed by atoms with Crippen molar-refractivity contribution in [2.24, 2.45) is 35.5 Å². The van der Waals surface area contributed by atoms with Crippen LogP contribution < -0.4 is 0 Å². The van der Waals surface area contributed by atoms with Crippen LogP contribution in [0, 0.1) is 35.5 Å². The molecule has 244 valence electrons. The highest BCUT2D eigenvalue weighted by Gasteiger charge is 2.66. The predicted molar refractivity (Wildman–Crippen MR) is 150 cm³/mol. The second-order valence-electron chi connectivity index (χ2n) is 12.1. The molecule has 2 fully saturated rings. The molecule has 0 amide bonds. The van der Waals surface area contributed by atoms with Crippen molar-refractivity contribution >= 4 is 17.9 Å². The number of carbonyl (C=O) groups is 3. The maximum atomic E-state index is 12.5. The van der Waals surface area contributed by atoms with E-state index in [-0.39, 0.29) is 30.8 Å². The first-order chi connectivity index (χ1) is 19.7. The number of aliphatic hydroxyl groups excluding tert-OH is 1. The van der Waals surface area contributed by atoms with Crippen molar-refractivity contribution in [2.75, 3.05) is 41.7 Å². The van der Waals surface area contributed by atoms with E-state index < -0.39 is 77.9 Å². The fourth-order valence-corrected chi connectivity index (χ4v) is 7.74. The Kier molecular flexibility index (Phi) is 13.6. The Morgan fingerprint density at radius 3 is 2.05 bits per heavy atom. The molecule has 0 saturated heterocycles. The molecule has 0 aliphatic heterocycles. The summed E-state index contributed by atoms with van der Waals surface area (Å²) in [6.07, 6.45) is -4.40. The molecule has 2 aliphatic carbocycles. The van der Waals surface area contributed by atoms with Gasteiger partial charge in [-0.25, -0.2) is 0 Å². The van der Waals surface area contributed by atoms with Gasteiger partial charge in [0.25, 0.3) is 0 Å². The maximum absolute atomic E-state index is 12.5. The largest absolute Gasteiger partial charge is 0.463 e. The first-order valence-corrected chi connectivity index (χ1v) is 14.6. The fourth-order valence-electron chi connectivity index (χ4n) is 7.74. The first-order valence-electron chi connectivity index (χ1n) is 14.6. The summed E-state index contributed by atoms with van der Waals surface area (Å²) in [5.74, 6) is -4.02. The van der Waals surface area contributed by atoms with E-state index in [1.54, 1.807) is 28.3 Å². The SMILES string of the molecule is COC[C@@H](C)[C@@H]1C([C@H](C[C@H](C)OC(C)=O)OC)[C@@H]2C[C@](O)([C@H](COC(C)=O)OC)[C@H](OC(C)=O)[C@@H]2[C@@H](O)[C@H](C)[C@@H]1OC. The quantitative estimate of drug-likeness (QED) is 0.219. The summed E-state index contributed by atoms with van der Waals surface area (Å²) in [7, 11) is 6.17. The molecule has 0 aromatic rings. The van der Waals surface area contributed by atoms with Gasteiger partial charge in [0.05, 0.1) is 18.3 Å². The van der Waals surface area contributed by atoms with Gasteiger partial charge in [-0.1, -0.05) is 13.8 Å². The Bertz CT molecular complexity index is 898. The second kappa shape index (κ2) is 15.8. The van der Waals surface area contributed by atoms with Gasteiger partial charge in [-0.15, -0.1) is 0 Å². The minimum absolute atomic E-state index is 0.0400. The highest BCUT2D eigenvalue weighted by Crippen LogP contribution is 2.57. The molecule has 2 rings (SSSR count). The van der Waals surface area contributed by atoms with Gasteiger partial charge in [-0.2, -0.15) is 0 Å². The average Bonchev–Trinajstić information content (AvgIpc) is 3.13. The van der Waals surface area contributed by atoms with E-state index >= 15 is 0 Å². The predicted octanol–water partition coefficient (Wildman–Crippen LogP) is 1.76. The monoisotopic (exact) mass is 604 g/mol. The standard InChI is InChI=1S/C30H52O12/c1-15(13-36-7)24-25(22(37-8)11-16(2)41-19(5)32)21-12-30(35,23(38-9)14-40-18(4)31)29(42-20(6)33)26(21)27(34)17(3)28(24)39-10/h15-17,21-29,34-35H,11-14H2,1-10H3/t15-,16+,17+,21+,22+,23+,24-,25?,26+,27+,28+,29-,30+/m1/s1. The molecule has 0 aromatic carbocycles. The van der Waals surface area contributed by atoms with Gasteiger partial charge in [0.15, 0.2) is 0 Å². The zero-order chi connectivity index (χ0) is 31.9. The normalized spacial score (nSPS) is 35.7. The number of fused-ring (bicyclic) bond motifs is 1. The number of methoxy groups -OCH3 is 4. The molecular formula is C30H52O12. The summed E-state index contributed by atoms with van der Waals surface area (Å²) in [4.78, 5) is 35.9. The molecule has 2 aliphatic rings. The molecule has 13 atom stereocenters. The molecule has 0 radical (unpaired) electrons. The molecule has 2 N–H and O–H groups in total. The summed E-state index contributed by atoms with van der Waals surface area (Å²) in [5, 5.41) is 24.3. The van der Waals surface area contributed by atoms with Crippen molar-refractivity contribution in [3.05, 3.63) is 0 Å². The molecule has 0 spiro atoms. The van der Waals surface area contributed by atoms with Crippen LogP contribution in [-0.2, 0) is 47.5 Å². The van der Waals surface area contributed by atoms with E-state index in [1.165, 1.54) is 27.9 Å². The lowest BCUT2D eigenvalue weighted by molar-refractivity contribution is -0.199. The van der Waals surface area contributed by atoms with Gasteiger partial charge in [-0.05, 0) is 37.0 Å². The van der Waals surface area contributed by atoms with Crippen LogP contribution in [0.4, 0.5) is 0 Å². The van der Waals surface area contributed by atoms with Gasteiger partial charge in [0, 0.05) is 74.1 Å². The summed E-state index contributed by atoms with van der Waals surface area (Å²) in [6.45, 7) is 9.65. The second-order valence-corrected chi connectivity index (χ2v) is 12.1. The van der Waals surface area contributed by atoms with E-state index in [0.717, 1.165) is 0 Å². The summed E-state index contributed by atoms with van der Waals surface area (Å²) >= 11 is 0. The van der Waals surface area contributed by atoms with Gasteiger partial charge in [-0.3, -0.25) is 14.4 Å². The van der Waals surface area contributed by atoms with Crippen LogP contribution in [0.15, 0.2) is 0 Å². The number of hydrogen-bond donors (Lipinski definition) is 2. The lowest BCUT2D eigenvalue weighted by Crippen LogP contribution is -2.56. The Morgan fingerprint density at radius 1 is 0.929 bits per heavy atom. The fraction of sp³-hybridized carbons (Fsp3) is 0.900. The van der Waals surface area contributed by atoms with Crippen molar-refractivity contribution in [3.8, 4) is 0 Å². The summed E-state index contributed by atoms with van der Waals surface area (Å²) in [6, 6.07) is 0. The molecule has 42 heavy (non-hydrogen) atoms. The minimum atomic E-state index is -1.82. The van der Waals surface area contributed by atoms with Crippen molar-refractivity contribution < 1.29 is 57.8 Å². The molecule has 0 aromatic heterocycles. The third-order valence-corrected chi connectivity index (χ3v) is 9.26. The third kappa shape index (κ3) is 8.00. The van der Waals surface area contributed by atoms with Crippen LogP contribution in [0.3, 0.4) is 0 Å².